The molecule has 1 aromatic rings. The molecule has 1 rings (SSSR count). The fourth-order valence-electron chi connectivity index (χ4n) is 0.574. The molecule has 0 amide bonds. The molecule has 1 aromatic carbocycles. The second-order valence-corrected chi connectivity index (χ2v) is 2.73. The first-order chi connectivity index (χ1) is 4.30. The van der Waals surface area contributed by atoms with Crippen molar-refractivity contribution in [3.8, 4) is 0 Å². The first kappa shape index (κ1) is 14.3. The average molecular weight is 257 g/mol. The van der Waals surface area contributed by atoms with E-state index in [0.717, 1.165) is 5.56 Å². The van der Waals surface area contributed by atoms with Crippen LogP contribution < -0.4 is 17.0 Å². The summed E-state index contributed by atoms with van der Waals surface area (Å²) in [4.78, 5) is 0. The molecule has 0 aliphatic rings. The van der Waals surface area contributed by atoms with Crippen molar-refractivity contribution in [1.29, 1.82) is 0 Å². The fraction of sp³-hybridized carbons (Fsp3) is 0. The molecule has 0 spiro atoms. The Kier molecular flexibility index (Phi) is 9.66. The SMILES string of the molecule is S=C([S-])c1ccccc1.[Br-].[Mg+2]. The zero-order valence-corrected chi connectivity index (χ0v) is 10.4. The smallest absolute Gasteiger partial charge is 1.00 e. The van der Waals surface area contributed by atoms with E-state index in [9.17, 15) is 0 Å². The molecule has 0 aromatic heterocycles. The first-order valence-electron chi connectivity index (χ1n) is 2.57. The second kappa shape index (κ2) is 7.43. The molecule has 4 heteroatoms. The Morgan fingerprint density at radius 2 is 1.64 bits per heavy atom. The zero-order chi connectivity index (χ0) is 6.69. The third-order valence-corrected chi connectivity index (χ3v) is 1.48. The molecule has 0 N–H and O–H groups in total. The Morgan fingerprint density at radius 1 is 1.18 bits per heavy atom. The maximum Gasteiger partial charge on any atom is 2.00 e. The van der Waals surface area contributed by atoms with Crippen LogP contribution in [0.25, 0.3) is 0 Å². The Morgan fingerprint density at radius 3 is 1.91 bits per heavy atom. The van der Waals surface area contributed by atoms with E-state index in [1.54, 1.807) is 0 Å². The van der Waals surface area contributed by atoms with E-state index >= 15 is 0 Å². The van der Waals surface area contributed by atoms with Gasteiger partial charge in [0.15, 0.2) is 0 Å². The van der Waals surface area contributed by atoms with Crippen LogP contribution in [-0.4, -0.2) is 27.2 Å². The predicted molar refractivity (Wildman–Crippen MR) is 51.3 cm³/mol. The fourth-order valence-corrected chi connectivity index (χ4v) is 0.846. The Balaban J connectivity index is 0. The number of hydrogen-bond acceptors (Lipinski definition) is 2. The summed E-state index contributed by atoms with van der Waals surface area (Å²) in [5.74, 6) is 0. The Labute approximate surface area is 104 Å². The Hall–Kier alpha value is 0.776. The van der Waals surface area contributed by atoms with Gasteiger partial charge in [-0.3, -0.25) is 0 Å². The van der Waals surface area contributed by atoms with Gasteiger partial charge in [-0.15, -0.1) is 4.20 Å². The van der Waals surface area contributed by atoms with Gasteiger partial charge >= 0.3 is 23.1 Å². The van der Waals surface area contributed by atoms with E-state index in [-0.39, 0.29) is 40.0 Å². The maximum atomic E-state index is 4.78. The molecule has 0 heterocycles. The minimum atomic E-state index is 0. The summed E-state index contributed by atoms with van der Waals surface area (Å²) in [5, 5.41) is 0. The molecule has 11 heavy (non-hydrogen) atoms. The van der Waals surface area contributed by atoms with Crippen LogP contribution in [-0.2, 0) is 12.6 Å². The molecule has 0 atom stereocenters. The third-order valence-electron chi connectivity index (χ3n) is 1.01. The van der Waals surface area contributed by atoms with Crippen molar-refractivity contribution in [2.45, 2.75) is 0 Å². The van der Waals surface area contributed by atoms with Crippen LogP contribution in [0.5, 0.6) is 0 Å². The predicted octanol–water partition coefficient (Wildman–Crippen LogP) is -1.47. The number of benzene rings is 1. The van der Waals surface area contributed by atoms with Crippen LogP contribution in [0.2, 0.25) is 0 Å². The molecular formula is C7H5BrMgS2. The van der Waals surface area contributed by atoms with Gasteiger partial charge in [0.1, 0.15) is 0 Å². The minimum Gasteiger partial charge on any atom is -1.00 e. The molecule has 0 nitrogen and oxygen atoms in total. The van der Waals surface area contributed by atoms with Crippen LogP contribution in [0.4, 0.5) is 0 Å². The van der Waals surface area contributed by atoms with E-state index < -0.39 is 0 Å². The van der Waals surface area contributed by atoms with Crippen LogP contribution >= 0.6 is 12.2 Å². The average Bonchev–Trinajstić information content (AvgIpc) is 1.90. The standard InChI is InChI=1S/C7H6S2.BrH.Mg/c8-7(9)6-4-2-1-3-5-6;;/h1-5H,(H,8,9);1H;/q;;+2/p-2. The topological polar surface area (TPSA) is 0 Å². The van der Waals surface area contributed by atoms with Gasteiger partial charge in [-0.2, -0.15) is 0 Å². The first-order valence-corrected chi connectivity index (χ1v) is 3.39. The quantitative estimate of drug-likeness (QED) is 0.342. The van der Waals surface area contributed by atoms with Crippen molar-refractivity contribution in [2.24, 2.45) is 0 Å². The van der Waals surface area contributed by atoms with Gasteiger partial charge in [0.05, 0.1) is 0 Å². The molecule has 0 aliphatic carbocycles. The van der Waals surface area contributed by atoms with Crippen molar-refractivity contribution >= 4 is 52.1 Å². The van der Waals surface area contributed by atoms with E-state index in [0.29, 0.717) is 4.20 Å². The van der Waals surface area contributed by atoms with Crippen molar-refractivity contribution in [2.75, 3.05) is 0 Å². The van der Waals surface area contributed by atoms with Crippen LogP contribution in [0.3, 0.4) is 0 Å². The summed E-state index contributed by atoms with van der Waals surface area (Å²) in [6.07, 6.45) is 0. The zero-order valence-electron chi connectivity index (χ0n) is 5.79. The molecule has 0 fully saturated rings. The molecule has 0 radical (unpaired) electrons. The van der Waals surface area contributed by atoms with E-state index in [2.05, 4.69) is 0 Å². The largest absolute Gasteiger partial charge is 2.00 e. The normalized spacial score (nSPS) is 7.27. The van der Waals surface area contributed by atoms with Crippen molar-refractivity contribution in [1.82, 2.24) is 0 Å². The molecule has 54 valence electrons. The van der Waals surface area contributed by atoms with Gasteiger partial charge in [-0.05, 0) is 5.56 Å². The van der Waals surface area contributed by atoms with Crippen molar-refractivity contribution in [3.05, 3.63) is 35.9 Å². The third kappa shape index (κ3) is 5.08. The summed E-state index contributed by atoms with van der Waals surface area (Å²) in [6, 6.07) is 9.61. The van der Waals surface area contributed by atoms with Gasteiger partial charge < -0.3 is 41.8 Å². The molecule has 0 bridgehead atoms. The number of rotatable bonds is 1. The van der Waals surface area contributed by atoms with E-state index in [1.165, 1.54) is 0 Å². The summed E-state index contributed by atoms with van der Waals surface area (Å²) in [6.45, 7) is 0. The van der Waals surface area contributed by atoms with Crippen LogP contribution in [0.15, 0.2) is 30.3 Å². The van der Waals surface area contributed by atoms with Gasteiger partial charge in [-0.25, -0.2) is 0 Å². The van der Waals surface area contributed by atoms with Crippen LogP contribution in [0.1, 0.15) is 5.56 Å². The van der Waals surface area contributed by atoms with Gasteiger partial charge in [0, 0.05) is 0 Å². The van der Waals surface area contributed by atoms with E-state index in [4.69, 9.17) is 24.8 Å². The summed E-state index contributed by atoms with van der Waals surface area (Å²) in [7, 11) is 0. The monoisotopic (exact) mass is 256 g/mol. The minimum absolute atomic E-state index is 0. The molecule has 0 saturated carbocycles. The number of thiocarbonyl (C=S) groups is 1. The van der Waals surface area contributed by atoms with Crippen molar-refractivity contribution < 1.29 is 17.0 Å². The number of hydrogen-bond donors (Lipinski definition) is 0. The molecule has 0 aliphatic heterocycles. The molecular weight excluding hydrogens is 252 g/mol. The second-order valence-electron chi connectivity index (χ2n) is 1.65. The summed E-state index contributed by atoms with van der Waals surface area (Å²) >= 11 is 9.55. The Bertz CT molecular complexity index is 213. The molecule has 0 unspecified atom stereocenters. The molecule has 0 saturated heterocycles. The maximum absolute atomic E-state index is 4.78. The summed E-state index contributed by atoms with van der Waals surface area (Å²) < 4.78 is 0.538. The summed E-state index contributed by atoms with van der Waals surface area (Å²) in [5.41, 5.74) is 0.961. The number of halogens is 1. The van der Waals surface area contributed by atoms with Gasteiger partial charge in [0.25, 0.3) is 0 Å². The van der Waals surface area contributed by atoms with Crippen molar-refractivity contribution in [3.63, 3.8) is 0 Å². The van der Waals surface area contributed by atoms with Crippen LogP contribution in [0, 0.1) is 0 Å². The van der Waals surface area contributed by atoms with E-state index in [1.807, 2.05) is 30.3 Å². The van der Waals surface area contributed by atoms with Gasteiger partial charge in [-0.1, -0.05) is 30.3 Å². The van der Waals surface area contributed by atoms with Gasteiger partial charge in [0.2, 0.25) is 0 Å².